The molecule has 1 aromatic carbocycles. The lowest BCUT2D eigenvalue weighted by atomic mass is 9.94. The Labute approximate surface area is 200 Å². The minimum absolute atomic E-state index is 0.273. The molecule has 7 nitrogen and oxygen atoms in total. The highest BCUT2D eigenvalue weighted by Gasteiger charge is 2.22. The zero-order valence-corrected chi connectivity index (χ0v) is 19.9. The van der Waals surface area contributed by atoms with E-state index in [1.54, 1.807) is 12.3 Å². The van der Waals surface area contributed by atoms with Gasteiger partial charge in [0.05, 0.1) is 17.6 Å². The first-order chi connectivity index (χ1) is 16.5. The third-order valence-corrected chi connectivity index (χ3v) is 5.31. The van der Waals surface area contributed by atoms with Gasteiger partial charge in [-0.2, -0.15) is 0 Å². The number of oxime groups is 2. The van der Waals surface area contributed by atoms with Gasteiger partial charge in [0.2, 0.25) is 5.88 Å². The van der Waals surface area contributed by atoms with E-state index < -0.39 is 0 Å². The van der Waals surface area contributed by atoms with Gasteiger partial charge in [-0.1, -0.05) is 54.5 Å². The minimum Gasteiger partial charge on any atom is -0.439 e. The number of aryl methyl sites for hydroxylation is 2. The van der Waals surface area contributed by atoms with Crippen molar-refractivity contribution in [3.05, 3.63) is 83.3 Å². The predicted molar refractivity (Wildman–Crippen MR) is 132 cm³/mol. The largest absolute Gasteiger partial charge is 0.439 e. The lowest BCUT2D eigenvalue weighted by Gasteiger charge is -2.22. The number of hydrogen-bond acceptors (Lipinski definition) is 7. The van der Waals surface area contributed by atoms with Gasteiger partial charge in [0.25, 0.3) is 0 Å². The van der Waals surface area contributed by atoms with Crippen LogP contribution in [-0.2, 0) is 16.1 Å². The quantitative estimate of drug-likeness (QED) is 0.303. The van der Waals surface area contributed by atoms with Gasteiger partial charge in [-0.25, -0.2) is 4.98 Å². The Bertz CT molecular complexity index is 1160. The van der Waals surface area contributed by atoms with Gasteiger partial charge in [-0.3, -0.25) is 4.98 Å². The third-order valence-electron chi connectivity index (χ3n) is 5.31. The van der Waals surface area contributed by atoms with Gasteiger partial charge < -0.3 is 14.4 Å². The molecule has 2 aromatic heterocycles. The Hall–Kier alpha value is -3.74. The molecule has 4 rings (SSSR count). The molecule has 1 aliphatic carbocycles. The van der Waals surface area contributed by atoms with Crippen LogP contribution in [0.1, 0.15) is 49.3 Å². The summed E-state index contributed by atoms with van der Waals surface area (Å²) in [5.41, 5.74) is 4.49. The molecule has 0 unspecified atom stereocenters. The summed E-state index contributed by atoms with van der Waals surface area (Å²) in [6, 6.07) is 19.2. The molecular weight excluding hydrogens is 428 g/mol. The molecule has 0 spiro atoms. The van der Waals surface area contributed by atoms with Crippen molar-refractivity contribution < 1.29 is 14.4 Å². The molecule has 7 heteroatoms. The molecule has 3 aromatic rings. The smallest absolute Gasteiger partial charge is 0.219 e. The summed E-state index contributed by atoms with van der Waals surface area (Å²) in [4.78, 5) is 20.3. The van der Waals surface area contributed by atoms with E-state index in [0.717, 1.165) is 42.1 Å². The SMILES string of the molecule is Cc1ccc2c(n1)/C(=N/OCC(C)(C)CO/N=C/c1cccc(Oc3ccccc3)n1)CCC2. The number of benzene rings is 1. The number of fused-ring (bicyclic) bond motifs is 1. The third kappa shape index (κ3) is 6.63. The zero-order chi connectivity index (χ0) is 23.8. The van der Waals surface area contributed by atoms with E-state index in [-0.39, 0.29) is 5.41 Å². The molecule has 0 atom stereocenters. The zero-order valence-electron chi connectivity index (χ0n) is 19.9. The first kappa shape index (κ1) is 23.4. The molecule has 176 valence electrons. The molecule has 0 saturated carbocycles. The summed E-state index contributed by atoms with van der Waals surface area (Å²) in [5.74, 6) is 1.23. The highest BCUT2D eigenvalue weighted by Crippen LogP contribution is 2.22. The van der Waals surface area contributed by atoms with E-state index >= 15 is 0 Å². The van der Waals surface area contributed by atoms with Gasteiger partial charge in [0.1, 0.15) is 24.7 Å². The van der Waals surface area contributed by atoms with Crippen LogP contribution in [0.4, 0.5) is 0 Å². The van der Waals surface area contributed by atoms with E-state index in [0.29, 0.717) is 24.8 Å². The van der Waals surface area contributed by atoms with Gasteiger partial charge >= 0.3 is 0 Å². The van der Waals surface area contributed by atoms with Crippen LogP contribution in [0, 0.1) is 12.3 Å². The Kier molecular flexibility index (Phi) is 7.52. The van der Waals surface area contributed by atoms with Gasteiger partial charge in [0, 0.05) is 17.2 Å². The second-order valence-electron chi connectivity index (χ2n) is 9.11. The van der Waals surface area contributed by atoms with E-state index in [1.165, 1.54) is 5.56 Å². The molecule has 1 aliphatic rings. The van der Waals surface area contributed by atoms with Crippen LogP contribution >= 0.6 is 0 Å². The molecule has 0 amide bonds. The molecule has 0 N–H and O–H groups in total. The molecule has 2 heterocycles. The highest BCUT2D eigenvalue weighted by atomic mass is 16.6. The molecule has 0 bridgehead atoms. The summed E-state index contributed by atoms with van der Waals surface area (Å²) < 4.78 is 5.76. The lowest BCUT2D eigenvalue weighted by Crippen LogP contribution is -2.24. The van der Waals surface area contributed by atoms with E-state index in [4.69, 9.17) is 14.4 Å². The van der Waals surface area contributed by atoms with Crippen LogP contribution in [-0.4, -0.2) is 35.1 Å². The molecule has 0 radical (unpaired) electrons. The predicted octanol–water partition coefficient (Wildman–Crippen LogP) is 5.71. The van der Waals surface area contributed by atoms with Crippen molar-refractivity contribution >= 4 is 11.9 Å². The number of aromatic nitrogens is 2. The van der Waals surface area contributed by atoms with Crippen molar-refractivity contribution in [2.24, 2.45) is 15.7 Å². The topological polar surface area (TPSA) is 78.2 Å². The maximum atomic E-state index is 5.76. The maximum Gasteiger partial charge on any atom is 0.219 e. The normalized spacial score (nSPS) is 14.7. The average Bonchev–Trinajstić information content (AvgIpc) is 2.83. The maximum absolute atomic E-state index is 5.76. The summed E-state index contributed by atoms with van der Waals surface area (Å²) in [5, 5.41) is 8.47. The van der Waals surface area contributed by atoms with Crippen LogP contribution in [0.25, 0.3) is 0 Å². The Morgan fingerprint density at radius 2 is 1.74 bits per heavy atom. The second kappa shape index (κ2) is 10.9. The molecule has 0 fully saturated rings. The highest BCUT2D eigenvalue weighted by molar-refractivity contribution is 6.00. The number of nitrogens with zero attached hydrogens (tertiary/aromatic N) is 4. The Balaban J connectivity index is 1.27. The van der Waals surface area contributed by atoms with Crippen LogP contribution in [0.2, 0.25) is 0 Å². The summed E-state index contributed by atoms with van der Waals surface area (Å²) >= 11 is 0. The summed E-state index contributed by atoms with van der Waals surface area (Å²) in [6.07, 6.45) is 4.55. The van der Waals surface area contributed by atoms with Crippen LogP contribution < -0.4 is 4.74 Å². The number of ether oxygens (including phenoxy) is 1. The van der Waals surface area contributed by atoms with E-state index in [9.17, 15) is 0 Å². The fraction of sp³-hybridized carbons (Fsp3) is 0.333. The lowest BCUT2D eigenvalue weighted by molar-refractivity contribution is 0.000295. The Morgan fingerprint density at radius 3 is 2.59 bits per heavy atom. The fourth-order valence-corrected chi connectivity index (χ4v) is 3.49. The van der Waals surface area contributed by atoms with Crippen molar-refractivity contribution in [1.82, 2.24) is 9.97 Å². The van der Waals surface area contributed by atoms with Crippen molar-refractivity contribution in [2.75, 3.05) is 13.2 Å². The van der Waals surface area contributed by atoms with Crippen LogP contribution in [0.3, 0.4) is 0 Å². The number of para-hydroxylation sites is 1. The standard InChI is InChI=1S/C27H30N4O3/c1-20-15-16-21-9-7-13-24(26(21)29-20)31-33-19-27(2,3)18-32-28-17-22-10-8-14-25(30-22)34-23-11-5-4-6-12-23/h4-6,8,10-12,14-17H,7,9,13,18-19H2,1-3H3/b28-17+,31-24+. The van der Waals surface area contributed by atoms with E-state index in [2.05, 4.69) is 26.3 Å². The number of rotatable bonds is 9. The van der Waals surface area contributed by atoms with Crippen molar-refractivity contribution in [3.8, 4) is 11.6 Å². The molecule has 0 saturated heterocycles. The average molecular weight is 459 g/mol. The first-order valence-electron chi connectivity index (χ1n) is 11.5. The fourth-order valence-electron chi connectivity index (χ4n) is 3.49. The monoisotopic (exact) mass is 458 g/mol. The number of pyridine rings is 2. The molecular formula is C27H30N4O3. The van der Waals surface area contributed by atoms with Crippen molar-refractivity contribution in [2.45, 2.75) is 40.0 Å². The van der Waals surface area contributed by atoms with Crippen molar-refractivity contribution in [1.29, 1.82) is 0 Å². The first-order valence-corrected chi connectivity index (χ1v) is 11.5. The van der Waals surface area contributed by atoms with Crippen molar-refractivity contribution in [3.63, 3.8) is 0 Å². The van der Waals surface area contributed by atoms with E-state index in [1.807, 2.05) is 69.3 Å². The second-order valence-corrected chi connectivity index (χ2v) is 9.11. The minimum atomic E-state index is -0.273. The van der Waals surface area contributed by atoms with Gasteiger partial charge in [0.15, 0.2) is 0 Å². The summed E-state index contributed by atoms with van der Waals surface area (Å²) in [7, 11) is 0. The van der Waals surface area contributed by atoms with Crippen LogP contribution in [0.15, 0.2) is 71.0 Å². The molecule has 34 heavy (non-hydrogen) atoms. The van der Waals surface area contributed by atoms with Gasteiger partial charge in [-0.05, 0) is 56.0 Å². The van der Waals surface area contributed by atoms with Crippen LogP contribution in [0.5, 0.6) is 11.6 Å². The molecule has 0 aliphatic heterocycles. The number of hydrogen-bond donors (Lipinski definition) is 0. The Morgan fingerprint density at radius 1 is 0.912 bits per heavy atom. The van der Waals surface area contributed by atoms with Gasteiger partial charge in [-0.15, -0.1) is 0 Å². The summed E-state index contributed by atoms with van der Waals surface area (Å²) in [6.45, 7) is 6.88.